The highest BCUT2D eigenvalue weighted by Crippen LogP contribution is 2.06. The summed E-state index contributed by atoms with van der Waals surface area (Å²) in [6.45, 7) is -0.205. The van der Waals surface area contributed by atoms with Gasteiger partial charge in [0.15, 0.2) is 6.61 Å². The molecule has 0 spiro atoms. The fourth-order valence-corrected chi connectivity index (χ4v) is 1.65. The van der Waals surface area contributed by atoms with Gasteiger partial charge in [-0.05, 0) is 18.6 Å². The first-order valence-corrected chi connectivity index (χ1v) is 5.81. The number of imide groups is 1. The molecule has 0 aliphatic carbocycles. The number of hydrogen-bond donors (Lipinski definition) is 2. The smallest absolute Gasteiger partial charge is 0.258 e. The van der Waals surface area contributed by atoms with Crippen LogP contribution >= 0.6 is 0 Å². The number of piperidine rings is 1. The van der Waals surface area contributed by atoms with Gasteiger partial charge in [0, 0.05) is 12.6 Å². The molecule has 19 heavy (non-hydrogen) atoms. The van der Waals surface area contributed by atoms with Crippen molar-refractivity contribution < 1.29 is 19.1 Å². The zero-order valence-electron chi connectivity index (χ0n) is 10.1. The van der Waals surface area contributed by atoms with E-state index in [0.717, 1.165) is 0 Å². The highest BCUT2D eigenvalue weighted by Gasteiger charge is 2.27. The van der Waals surface area contributed by atoms with Crippen LogP contribution in [0.2, 0.25) is 0 Å². The Balaban J connectivity index is 1.78. The number of nitrogens with zero attached hydrogens (tertiary/aromatic N) is 1. The number of amides is 3. The number of pyridine rings is 1. The maximum Gasteiger partial charge on any atom is 0.258 e. The molecule has 1 atom stereocenters. The van der Waals surface area contributed by atoms with Crippen LogP contribution in [0.4, 0.5) is 0 Å². The van der Waals surface area contributed by atoms with E-state index in [0.29, 0.717) is 12.2 Å². The minimum Gasteiger partial charge on any atom is -0.482 e. The molecule has 1 unspecified atom stereocenters. The topological polar surface area (TPSA) is 97.4 Å². The molecule has 7 heteroatoms. The Kier molecular flexibility index (Phi) is 4.07. The Morgan fingerprint density at radius 1 is 1.53 bits per heavy atom. The summed E-state index contributed by atoms with van der Waals surface area (Å²) < 4.78 is 5.19. The standard InChI is InChI=1S/C12H13N3O4/c16-10-4-3-9(12(18)15-10)14-11(17)7-19-8-2-1-5-13-6-8/h1-2,5-6,9H,3-4,7H2,(H,14,17)(H,15,16,18). The zero-order chi connectivity index (χ0) is 13.7. The van der Waals surface area contributed by atoms with E-state index in [1.165, 1.54) is 6.20 Å². The van der Waals surface area contributed by atoms with Gasteiger partial charge in [-0.15, -0.1) is 0 Å². The second kappa shape index (κ2) is 5.94. The van der Waals surface area contributed by atoms with E-state index in [1.54, 1.807) is 18.3 Å². The van der Waals surface area contributed by atoms with E-state index in [-0.39, 0.29) is 18.9 Å². The van der Waals surface area contributed by atoms with Crippen LogP contribution in [-0.2, 0) is 14.4 Å². The number of carbonyl (C=O) groups excluding carboxylic acids is 3. The third-order valence-corrected chi connectivity index (χ3v) is 2.58. The molecule has 2 rings (SSSR count). The van der Waals surface area contributed by atoms with Crippen molar-refractivity contribution in [3.8, 4) is 5.75 Å². The van der Waals surface area contributed by atoms with E-state index >= 15 is 0 Å². The Morgan fingerprint density at radius 3 is 3.05 bits per heavy atom. The van der Waals surface area contributed by atoms with Gasteiger partial charge < -0.3 is 10.1 Å². The van der Waals surface area contributed by atoms with Gasteiger partial charge in [0.25, 0.3) is 5.91 Å². The van der Waals surface area contributed by atoms with Crippen LogP contribution < -0.4 is 15.4 Å². The minimum atomic E-state index is -0.678. The Labute approximate surface area is 109 Å². The van der Waals surface area contributed by atoms with Gasteiger partial charge in [-0.1, -0.05) is 0 Å². The third-order valence-electron chi connectivity index (χ3n) is 2.58. The molecule has 0 bridgehead atoms. The van der Waals surface area contributed by atoms with E-state index in [9.17, 15) is 14.4 Å². The number of carbonyl (C=O) groups is 3. The quantitative estimate of drug-likeness (QED) is 0.706. The first kappa shape index (κ1) is 13.0. The van der Waals surface area contributed by atoms with Crippen LogP contribution in [0.25, 0.3) is 0 Å². The first-order valence-electron chi connectivity index (χ1n) is 5.81. The maximum atomic E-state index is 11.6. The van der Waals surface area contributed by atoms with E-state index in [1.807, 2.05) is 0 Å². The first-order chi connectivity index (χ1) is 9.15. The van der Waals surface area contributed by atoms with E-state index in [2.05, 4.69) is 15.6 Å². The minimum absolute atomic E-state index is 0.205. The van der Waals surface area contributed by atoms with Crippen molar-refractivity contribution in [1.82, 2.24) is 15.6 Å². The average Bonchev–Trinajstić information content (AvgIpc) is 2.41. The molecule has 1 fully saturated rings. The van der Waals surface area contributed by atoms with E-state index < -0.39 is 17.9 Å². The molecule has 0 radical (unpaired) electrons. The van der Waals surface area contributed by atoms with Crippen molar-refractivity contribution in [3.05, 3.63) is 24.5 Å². The number of aromatic nitrogens is 1. The van der Waals surface area contributed by atoms with Crippen LogP contribution in [0.5, 0.6) is 5.75 Å². The lowest BCUT2D eigenvalue weighted by Crippen LogP contribution is -2.53. The number of nitrogens with one attached hydrogen (secondary N) is 2. The van der Waals surface area contributed by atoms with Crippen molar-refractivity contribution in [1.29, 1.82) is 0 Å². The monoisotopic (exact) mass is 263 g/mol. The van der Waals surface area contributed by atoms with Gasteiger partial charge in [0.1, 0.15) is 11.8 Å². The SMILES string of the molecule is O=C1CCC(NC(=O)COc2cccnc2)C(=O)N1. The summed E-state index contributed by atoms with van der Waals surface area (Å²) in [5.41, 5.74) is 0. The highest BCUT2D eigenvalue weighted by molar-refractivity contribution is 6.01. The van der Waals surface area contributed by atoms with Gasteiger partial charge in [-0.2, -0.15) is 0 Å². The highest BCUT2D eigenvalue weighted by atomic mass is 16.5. The molecular weight excluding hydrogens is 250 g/mol. The maximum absolute atomic E-state index is 11.6. The van der Waals surface area contributed by atoms with Gasteiger partial charge >= 0.3 is 0 Å². The molecule has 1 aromatic rings. The molecule has 0 aromatic carbocycles. The van der Waals surface area contributed by atoms with Gasteiger partial charge in [0.05, 0.1) is 6.20 Å². The summed E-state index contributed by atoms with van der Waals surface area (Å²) in [6, 6.07) is 2.68. The molecule has 1 aliphatic rings. The molecular formula is C12H13N3O4. The Hall–Kier alpha value is -2.44. The Morgan fingerprint density at radius 2 is 2.37 bits per heavy atom. The van der Waals surface area contributed by atoms with Crippen molar-refractivity contribution in [2.45, 2.75) is 18.9 Å². The molecule has 1 saturated heterocycles. The average molecular weight is 263 g/mol. The van der Waals surface area contributed by atoms with Crippen LogP contribution in [0.3, 0.4) is 0 Å². The van der Waals surface area contributed by atoms with Crippen molar-refractivity contribution in [2.75, 3.05) is 6.61 Å². The lowest BCUT2D eigenvalue weighted by Gasteiger charge is -2.21. The normalized spacial score (nSPS) is 18.6. The van der Waals surface area contributed by atoms with Crippen LogP contribution in [0, 0.1) is 0 Å². The van der Waals surface area contributed by atoms with Gasteiger partial charge in [-0.25, -0.2) is 0 Å². The summed E-state index contributed by atoms with van der Waals surface area (Å²) in [5.74, 6) is -0.743. The predicted octanol–water partition coefficient (Wildman–Crippen LogP) is -0.618. The number of ether oxygens (including phenoxy) is 1. The zero-order valence-corrected chi connectivity index (χ0v) is 10.1. The van der Waals surface area contributed by atoms with Gasteiger partial charge in [0.2, 0.25) is 11.8 Å². The number of rotatable bonds is 4. The lowest BCUT2D eigenvalue weighted by molar-refractivity contribution is -0.137. The summed E-state index contributed by atoms with van der Waals surface area (Å²) in [7, 11) is 0. The lowest BCUT2D eigenvalue weighted by atomic mass is 10.1. The molecule has 3 amide bonds. The molecule has 7 nitrogen and oxygen atoms in total. The van der Waals surface area contributed by atoms with Gasteiger partial charge in [-0.3, -0.25) is 24.7 Å². The van der Waals surface area contributed by atoms with E-state index in [4.69, 9.17) is 4.74 Å². The summed E-state index contributed by atoms with van der Waals surface area (Å²) in [5, 5.41) is 4.68. The Bertz CT molecular complexity index is 489. The molecule has 0 saturated carbocycles. The molecule has 1 aliphatic heterocycles. The van der Waals surface area contributed by atoms with Crippen molar-refractivity contribution in [2.24, 2.45) is 0 Å². The largest absolute Gasteiger partial charge is 0.482 e. The summed E-state index contributed by atoms with van der Waals surface area (Å²) >= 11 is 0. The molecule has 100 valence electrons. The van der Waals surface area contributed by atoms with Crippen LogP contribution in [0.15, 0.2) is 24.5 Å². The van der Waals surface area contributed by atoms with Crippen LogP contribution in [-0.4, -0.2) is 35.4 Å². The number of hydrogen-bond acceptors (Lipinski definition) is 5. The predicted molar refractivity (Wildman–Crippen MR) is 64.0 cm³/mol. The summed E-state index contributed by atoms with van der Waals surface area (Å²) in [4.78, 5) is 37.8. The molecule has 2 heterocycles. The second-order valence-electron chi connectivity index (χ2n) is 4.05. The summed E-state index contributed by atoms with van der Waals surface area (Å²) in [6.07, 6.45) is 3.61. The third kappa shape index (κ3) is 3.77. The van der Waals surface area contributed by atoms with Crippen molar-refractivity contribution >= 4 is 17.7 Å². The fraction of sp³-hybridized carbons (Fsp3) is 0.333. The van der Waals surface area contributed by atoms with Crippen LogP contribution in [0.1, 0.15) is 12.8 Å². The second-order valence-corrected chi connectivity index (χ2v) is 4.05. The molecule has 1 aromatic heterocycles. The molecule has 2 N–H and O–H groups in total. The van der Waals surface area contributed by atoms with Crippen molar-refractivity contribution in [3.63, 3.8) is 0 Å². The fourth-order valence-electron chi connectivity index (χ4n) is 1.65.